The van der Waals surface area contributed by atoms with Crippen LogP contribution in [0.1, 0.15) is 24.2 Å². The molecule has 2 heterocycles. The van der Waals surface area contributed by atoms with E-state index in [9.17, 15) is 18.0 Å². The number of ether oxygens (including phenoxy) is 2. The molecule has 6 nitrogen and oxygen atoms in total. The minimum absolute atomic E-state index is 0.0287. The Bertz CT molecular complexity index is 525. The normalized spacial score (nSPS) is 16.5. The topological polar surface area (TPSA) is 65.4 Å². The molecule has 1 saturated heterocycles. The van der Waals surface area contributed by atoms with Crippen molar-refractivity contribution in [2.24, 2.45) is 13.0 Å². The number of aromatic nitrogens is 2. The molecule has 1 fully saturated rings. The van der Waals surface area contributed by atoms with Crippen molar-refractivity contribution in [1.29, 1.82) is 0 Å². The highest BCUT2D eigenvalue weighted by Gasteiger charge is 2.34. The van der Waals surface area contributed by atoms with Crippen LogP contribution < -0.4 is 5.32 Å². The maximum Gasteiger partial charge on any atom is 0.435 e. The maximum absolute atomic E-state index is 12.5. The Morgan fingerprint density at radius 2 is 2.17 bits per heavy atom. The number of alkyl halides is 3. The molecule has 1 aliphatic rings. The summed E-state index contributed by atoms with van der Waals surface area (Å²) in [6.07, 6.45) is -2.67. The van der Waals surface area contributed by atoms with Gasteiger partial charge in [-0.2, -0.15) is 18.3 Å². The lowest BCUT2D eigenvalue weighted by atomic mass is 10.0. The molecular weight excluding hydrogens is 315 g/mol. The second-order valence-corrected chi connectivity index (χ2v) is 5.49. The van der Waals surface area contributed by atoms with Crippen LogP contribution in [0.25, 0.3) is 0 Å². The predicted octanol–water partition coefficient (Wildman–Crippen LogP) is 1.50. The lowest BCUT2D eigenvalue weighted by molar-refractivity contribution is -0.141. The van der Waals surface area contributed by atoms with Gasteiger partial charge < -0.3 is 14.8 Å². The summed E-state index contributed by atoms with van der Waals surface area (Å²) in [5, 5.41) is 5.91. The number of nitrogens with zero attached hydrogens (tertiary/aromatic N) is 2. The number of aryl methyl sites for hydroxylation is 1. The standard InChI is InChI=1S/C14H20F3N3O3/c1-20-11(6-12(19-20)14(15,16)17)7-18-13(21)9-23-8-10-2-4-22-5-3-10/h6,10H,2-5,7-9H2,1H3,(H,18,21). The van der Waals surface area contributed by atoms with Crippen LogP contribution in [0.4, 0.5) is 13.2 Å². The number of carbonyl (C=O) groups excluding carboxylic acids is 1. The number of nitrogens with one attached hydrogen (secondary N) is 1. The third-order valence-electron chi connectivity index (χ3n) is 3.66. The van der Waals surface area contributed by atoms with Gasteiger partial charge in [0.25, 0.3) is 0 Å². The molecule has 1 N–H and O–H groups in total. The van der Waals surface area contributed by atoms with Crippen molar-refractivity contribution in [2.45, 2.75) is 25.6 Å². The van der Waals surface area contributed by atoms with E-state index in [1.165, 1.54) is 7.05 Å². The molecule has 2 rings (SSSR count). The van der Waals surface area contributed by atoms with E-state index >= 15 is 0 Å². The number of hydrogen-bond donors (Lipinski definition) is 1. The van der Waals surface area contributed by atoms with E-state index < -0.39 is 11.9 Å². The largest absolute Gasteiger partial charge is 0.435 e. The van der Waals surface area contributed by atoms with Gasteiger partial charge in [-0.05, 0) is 24.8 Å². The first-order valence-corrected chi connectivity index (χ1v) is 7.38. The number of halogens is 3. The first-order valence-electron chi connectivity index (χ1n) is 7.38. The third-order valence-corrected chi connectivity index (χ3v) is 3.66. The van der Waals surface area contributed by atoms with Crippen molar-refractivity contribution >= 4 is 5.91 Å². The van der Waals surface area contributed by atoms with Gasteiger partial charge in [-0.25, -0.2) is 0 Å². The van der Waals surface area contributed by atoms with E-state index in [0.717, 1.165) is 23.6 Å². The molecule has 1 aromatic heterocycles. The van der Waals surface area contributed by atoms with Crippen LogP contribution in [0.15, 0.2) is 6.07 Å². The number of amides is 1. The Kier molecular flexibility index (Phi) is 6.00. The van der Waals surface area contributed by atoms with E-state index in [0.29, 0.717) is 25.7 Å². The molecule has 0 spiro atoms. The summed E-state index contributed by atoms with van der Waals surface area (Å²) in [5.41, 5.74) is -0.699. The minimum Gasteiger partial charge on any atom is -0.381 e. The summed E-state index contributed by atoms with van der Waals surface area (Å²) in [6, 6.07) is 0.920. The smallest absolute Gasteiger partial charge is 0.381 e. The Hall–Kier alpha value is -1.61. The van der Waals surface area contributed by atoms with Gasteiger partial charge in [0.2, 0.25) is 5.91 Å². The molecule has 0 radical (unpaired) electrons. The average Bonchev–Trinajstić information content (AvgIpc) is 2.88. The molecule has 1 amide bonds. The average molecular weight is 335 g/mol. The van der Waals surface area contributed by atoms with Gasteiger partial charge in [0.15, 0.2) is 5.69 Å². The summed E-state index contributed by atoms with van der Waals surface area (Å²) in [5.74, 6) is 0.0229. The number of carbonyl (C=O) groups is 1. The molecule has 9 heteroatoms. The quantitative estimate of drug-likeness (QED) is 0.856. The van der Waals surface area contributed by atoms with E-state index in [2.05, 4.69) is 10.4 Å². The van der Waals surface area contributed by atoms with Gasteiger partial charge in [-0.3, -0.25) is 9.48 Å². The fourth-order valence-corrected chi connectivity index (χ4v) is 2.28. The maximum atomic E-state index is 12.5. The van der Waals surface area contributed by atoms with Crippen LogP contribution in [0.5, 0.6) is 0 Å². The Morgan fingerprint density at radius 3 is 2.78 bits per heavy atom. The van der Waals surface area contributed by atoms with Crippen LogP contribution >= 0.6 is 0 Å². The zero-order chi connectivity index (χ0) is 16.9. The highest BCUT2D eigenvalue weighted by Crippen LogP contribution is 2.28. The molecule has 0 unspecified atom stereocenters. The second kappa shape index (κ2) is 7.78. The van der Waals surface area contributed by atoms with Crippen LogP contribution in [0, 0.1) is 5.92 Å². The molecule has 0 bridgehead atoms. The predicted molar refractivity (Wildman–Crippen MR) is 74.4 cm³/mol. The molecule has 0 aromatic carbocycles. The van der Waals surface area contributed by atoms with Crippen LogP contribution in [-0.4, -0.2) is 42.1 Å². The zero-order valence-electron chi connectivity index (χ0n) is 12.9. The van der Waals surface area contributed by atoms with E-state index in [-0.39, 0.29) is 24.8 Å². The Morgan fingerprint density at radius 1 is 1.48 bits per heavy atom. The highest BCUT2D eigenvalue weighted by atomic mass is 19.4. The van der Waals surface area contributed by atoms with Crippen LogP contribution in [-0.2, 0) is 34.0 Å². The van der Waals surface area contributed by atoms with E-state index in [4.69, 9.17) is 9.47 Å². The zero-order valence-corrected chi connectivity index (χ0v) is 12.9. The van der Waals surface area contributed by atoms with Gasteiger partial charge in [0.1, 0.15) is 6.61 Å². The van der Waals surface area contributed by atoms with E-state index in [1.54, 1.807) is 0 Å². The summed E-state index contributed by atoms with van der Waals surface area (Å²) in [6.45, 7) is 1.77. The van der Waals surface area contributed by atoms with Crippen LogP contribution in [0.3, 0.4) is 0 Å². The SMILES string of the molecule is Cn1nc(C(F)(F)F)cc1CNC(=O)COCC1CCOCC1. The van der Waals surface area contributed by atoms with Crippen molar-refractivity contribution in [3.8, 4) is 0 Å². The van der Waals surface area contributed by atoms with Gasteiger partial charge in [-0.1, -0.05) is 0 Å². The molecule has 0 aliphatic carbocycles. The van der Waals surface area contributed by atoms with Gasteiger partial charge in [0.05, 0.1) is 18.8 Å². The summed E-state index contributed by atoms with van der Waals surface area (Å²) < 4.78 is 49.3. The fraction of sp³-hybridized carbons (Fsp3) is 0.714. The molecule has 1 aromatic rings. The van der Waals surface area contributed by atoms with E-state index in [1.807, 2.05) is 0 Å². The monoisotopic (exact) mass is 335 g/mol. The lowest BCUT2D eigenvalue weighted by Crippen LogP contribution is -2.29. The molecular formula is C14H20F3N3O3. The molecule has 130 valence electrons. The van der Waals surface area contributed by atoms with Gasteiger partial charge >= 0.3 is 6.18 Å². The summed E-state index contributed by atoms with van der Waals surface area (Å²) in [4.78, 5) is 11.7. The molecule has 0 atom stereocenters. The molecule has 0 saturated carbocycles. The van der Waals surface area contributed by atoms with Crippen LogP contribution in [0.2, 0.25) is 0 Å². The van der Waals surface area contributed by atoms with Crippen molar-refractivity contribution in [1.82, 2.24) is 15.1 Å². The number of rotatable bonds is 6. The van der Waals surface area contributed by atoms with Crippen molar-refractivity contribution in [3.05, 3.63) is 17.5 Å². The number of hydrogen-bond acceptors (Lipinski definition) is 4. The molecule has 1 aliphatic heterocycles. The van der Waals surface area contributed by atoms with Crippen molar-refractivity contribution < 1.29 is 27.4 Å². The first-order chi connectivity index (χ1) is 10.9. The first kappa shape index (κ1) is 17.7. The van der Waals surface area contributed by atoms with Crippen molar-refractivity contribution in [2.75, 3.05) is 26.4 Å². The highest BCUT2D eigenvalue weighted by molar-refractivity contribution is 5.77. The molecule has 23 heavy (non-hydrogen) atoms. The fourth-order valence-electron chi connectivity index (χ4n) is 2.28. The Balaban J connectivity index is 1.70. The summed E-state index contributed by atoms with van der Waals surface area (Å²) in [7, 11) is 1.40. The van der Waals surface area contributed by atoms with Gasteiger partial charge in [0, 0.05) is 20.3 Å². The second-order valence-electron chi connectivity index (χ2n) is 5.49. The third kappa shape index (κ3) is 5.51. The Labute approximate surface area is 131 Å². The lowest BCUT2D eigenvalue weighted by Gasteiger charge is -2.21. The van der Waals surface area contributed by atoms with Crippen molar-refractivity contribution in [3.63, 3.8) is 0 Å². The summed E-state index contributed by atoms with van der Waals surface area (Å²) >= 11 is 0. The van der Waals surface area contributed by atoms with Gasteiger partial charge in [-0.15, -0.1) is 0 Å². The minimum atomic E-state index is -4.49.